The van der Waals surface area contributed by atoms with E-state index in [2.05, 4.69) is 25.3 Å². The molecule has 0 spiro atoms. The Morgan fingerprint density at radius 1 is 1.12 bits per heavy atom. The van der Waals surface area contributed by atoms with Gasteiger partial charge in [0.25, 0.3) is 0 Å². The molecule has 2 rings (SSSR count). The summed E-state index contributed by atoms with van der Waals surface area (Å²) in [7, 11) is -7.21. The van der Waals surface area contributed by atoms with Crippen LogP contribution in [-0.4, -0.2) is 51.5 Å². The predicted octanol–water partition coefficient (Wildman–Crippen LogP) is -1.33. The van der Waals surface area contributed by atoms with Crippen LogP contribution in [0, 0.1) is 0 Å². The van der Waals surface area contributed by atoms with Crippen molar-refractivity contribution < 1.29 is 16.8 Å². The second-order valence-electron chi connectivity index (χ2n) is 5.77. The van der Waals surface area contributed by atoms with E-state index in [1.165, 1.54) is 0 Å². The molecule has 11 heteroatoms. The maximum absolute atomic E-state index is 12.3. The van der Waals surface area contributed by atoms with Gasteiger partial charge in [-0.25, -0.2) is 26.3 Å². The predicted molar refractivity (Wildman–Crippen MR) is 90.8 cm³/mol. The van der Waals surface area contributed by atoms with Crippen LogP contribution in [0.3, 0.4) is 0 Å². The second-order valence-corrected chi connectivity index (χ2v) is 9.62. The van der Waals surface area contributed by atoms with Crippen molar-refractivity contribution in [2.45, 2.75) is 37.7 Å². The van der Waals surface area contributed by atoms with Gasteiger partial charge in [0.15, 0.2) is 0 Å². The number of rotatable bonds is 8. The average molecular weight is 377 g/mol. The Hall–Kier alpha value is -1.11. The van der Waals surface area contributed by atoms with E-state index in [4.69, 9.17) is 0 Å². The summed E-state index contributed by atoms with van der Waals surface area (Å²) in [5, 5.41) is -0.663. The molecule has 1 aromatic rings. The van der Waals surface area contributed by atoms with Crippen LogP contribution in [0.25, 0.3) is 0 Å². The molecule has 2 heterocycles. The van der Waals surface area contributed by atoms with Crippen LogP contribution in [0.5, 0.6) is 0 Å². The van der Waals surface area contributed by atoms with E-state index in [1.807, 2.05) is 0 Å². The molecule has 1 aromatic heterocycles. The Morgan fingerprint density at radius 2 is 1.79 bits per heavy atom. The SMILES string of the molecule is CC1NNC(C)C1S(=O)(=O)NCCS(=O)(=O)NCc1cccnc1. The molecule has 1 fully saturated rings. The van der Waals surface area contributed by atoms with Gasteiger partial charge in [0.05, 0.1) is 5.75 Å². The molecular formula is C13H23N5O4S2. The minimum atomic E-state index is -3.63. The lowest BCUT2D eigenvalue weighted by molar-refractivity contribution is 0.546. The van der Waals surface area contributed by atoms with Crippen molar-refractivity contribution in [2.75, 3.05) is 12.3 Å². The van der Waals surface area contributed by atoms with Gasteiger partial charge in [-0.05, 0) is 25.5 Å². The van der Waals surface area contributed by atoms with Gasteiger partial charge in [-0.2, -0.15) is 0 Å². The second kappa shape index (κ2) is 7.85. The number of hydrogen-bond donors (Lipinski definition) is 4. The first-order valence-corrected chi connectivity index (χ1v) is 10.8. The van der Waals surface area contributed by atoms with Crippen LogP contribution in [0.2, 0.25) is 0 Å². The highest BCUT2D eigenvalue weighted by atomic mass is 32.2. The van der Waals surface area contributed by atoms with Gasteiger partial charge in [-0.1, -0.05) is 6.07 Å². The third kappa shape index (κ3) is 5.19. The van der Waals surface area contributed by atoms with E-state index in [0.29, 0.717) is 0 Å². The molecule has 9 nitrogen and oxygen atoms in total. The fourth-order valence-corrected chi connectivity index (χ4v) is 5.40. The molecule has 24 heavy (non-hydrogen) atoms. The highest BCUT2D eigenvalue weighted by Gasteiger charge is 2.40. The molecule has 1 saturated heterocycles. The molecular weight excluding hydrogens is 354 g/mol. The molecule has 0 bridgehead atoms. The summed E-state index contributed by atoms with van der Waals surface area (Å²) in [5.41, 5.74) is 6.46. The zero-order valence-corrected chi connectivity index (χ0v) is 15.2. The number of nitrogens with one attached hydrogen (secondary N) is 4. The largest absolute Gasteiger partial charge is 0.264 e. The Bertz CT molecular complexity index is 729. The van der Waals surface area contributed by atoms with Crippen molar-refractivity contribution in [1.82, 2.24) is 25.3 Å². The summed E-state index contributed by atoms with van der Waals surface area (Å²) in [6.45, 7) is 3.45. The minimum absolute atomic E-state index is 0.119. The zero-order chi connectivity index (χ0) is 17.8. The van der Waals surface area contributed by atoms with Crippen molar-refractivity contribution in [3.63, 3.8) is 0 Å². The molecule has 0 aromatic carbocycles. The highest BCUT2D eigenvalue weighted by molar-refractivity contribution is 7.90. The fourth-order valence-electron chi connectivity index (χ4n) is 2.58. The first-order valence-electron chi connectivity index (χ1n) is 7.57. The number of nitrogens with zero attached hydrogens (tertiary/aromatic N) is 1. The lowest BCUT2D eigenvalue weighted by Gasteiger charge is -2.19. The van der Waals surface area contributed by atoms with E-state index in [9.17, 15) is 16.8 Å². The summed E-state index contributed by atoms with van der Waals surface area (Å²) >= 11 is 0. The molecule has 0 saturated carbocycles. The number of sulfonamides is 2. The summed E-state index contributed by atoms with van der Waals surface area (Å²) in [6, 6.07) is 2.93. The van der Waals surface area contributed by atoms with Gasteiger partial charge in [0, 0.05) is 37.6 Å². The van der Waals surface area contributed by atoms with E-state index < -0.39 is 25.3 Å². The van der Waals surface area contributed by atoms with Crippen LogP contribution >= 0.6 is 0 Å². The Balaban J connectivity index is 1.84. The van der Waals surface area contributed by atoms with Crippen molar-refractivity contribution in [3.05, 3.63) is 30.1 Å². The third-order valence-corrected chi connectivity index (χ3v) is 7.24. The monoisotopic (exact) mass is 377 g/mol. The van der Waals surface area contributed by atoms with Gasteiger partial charge < -0.3 is 0 Å². The third-order valence-electron chi connectivity index (χ3n) is 3.78. The van der Waals surface area contributed by atoms with Crippen molar-refractivity contribution in [3.8, 4) is 0 Å². The van der Waals surface area contributed by atoms with Gasteiger partial charge in [0.2, 0.25) is 20.0 Å². The Morgan fingerprint density at radius 3 is 2.38 bits per heavy atom. The number of aromatic nitrogens is 1. The average Bonchev–Trinajstić information content (AvgIpc) is 2.86. The van der Waals surface area contributed by atoms with Crippen molar-refractivity contribution in [1.29, 1.82) is 0 Å². The van der Waals surface area contributed by atoms with E-state index >= 15 is 0 Å². The highest BCUT2D eigenvalue weighted by Crippen LogP contribution is 2.14. The molecule has 2 atom stereocenters. The van der Waals surface area contributed by atoms with Gasteiger partial charge in [-0.3, -0.25) is 15.8 Å². The fraction of sp³-hybridized carbons (Fsp3) is 0.615. The molecule has 0 radical (unpaired) electrons. The maximum atomic E-state index is 12.3. The zero-order valence-electron chi connectivity index (χ0n) is 13.6. The summed E-state index contributed by atoms with van der Waals surface area (Å²) < 4.78 is 53.3. The maximum Gasteiger partial charge on any atom is 0.217 e. The van der Waals surface area contributed by atoms with Gasteiger partial charge in [-0.15, -0.1) is 0 Å². The minimum Gasteiger partial charge on any atom is -0.264 e. The molecule has 1 aliphatic heterocycles. The Labute approximate surface area is 142 Å². The van der Waals surface area contributed by atoms with Gasteiger partial charge in [0.1, 0.15) is 5.25 Å². The van der Waals surface area contributed by atoms with Crippen LogP contribution in [-0.2, 0) is 26.6 Å². The molecule has 0 amide bonds. The van der Waals surface area contributed by atoms with Crippen molar-refractivity contribution >= 4 is 20.0 Å². The number of hydrazine groups is 1. The van der Waals surface area contributed by atoms with Crippen LogP contribution < -0.4 is 20.3 Å². The number of hydrogen-bond acceptors (Lipinski definition) is 7. The first-order chi connectivity index (χ1) is 11.2. The van der Waals surface area contributed by atoms with E-state index in [1.54, 1.807) is 38.4 Å². The quantitative estimate of drug-likeness (QED) is 0.442. The van der Waals surface area contributed by atoms with E-state index in [-0.39, 0.29) is 30.9 Å². The molecule has 1 aliphatic rings. The lowest BCUT2D eigenvalue weighted by Crippen LogP contribution is -2.46. The Kier molecular flexibility index (Phi) is 6.28. The van der Waals surface area contributed by atoms with Crippen molar-refractivity contribution in [2.24, 2.45) is 0 Å². The van der Waals surface area contributed by atoms with Crippen LogP contribution in [0.1, 0.15) is 19.4 Å². The van der Waals surface area contributed by atoms with Crippen LogP contribution in [0.4, 0.5) is 0 Å². The summed E-state index contributed by atoms with van der Waals surface area (Å²) in [6.07, 6.45) is 3.16. The molecule has 136 valence electrons. The summed E-state index contributed by atoms with van der Waals surface area (Å²) in [4.78, 5) is 3.90. The lowest BCUT2D eigenvalue weighted by atomic mass is 10.2. The topological polar surface area (TPSA) is 129 Å². The normalized spacial score (nSPS) is 25.0. The molecule has 4 N–H and O–H groups in total. The van der Waals surface area contributed by atoms with E-state index in [0.717, 1.165) is 5.56 Å². The van der Waals surface area contributed by atoms with Gasteiger partial charge >= 0.3 is 0 Å². The number of pyridine rings is 1. The first kappa shape index (κ1) is 19.2. The van der Waals surface area contributed by atoms with Crippen LogP contribution in [0.15, 0.2) is 24.5 Å². The molecule has 0 aliphatic carbocycles. The molecule has 2 unspecified atom stereocenters. The standard InChI is InChI=1S/C13H23N5O4S2/c1-10-13(11(2)18-17-10)24(21,22)15-6-7-23(19,20)16-9-12-4-3-5-14-8-12/h3-5,8,10-11,13,15-18H,6-7,9H2,1-2H3. The summed E-state index contributed by atoms with van der Waals surface area (Å²) in [5.74, 6) is -0.331. The smallest absolute Gasteiger partial charge is 0.217 e.